The molecule has 18 heavy (non-hydrogen) atoms. The molecule has 0 spiro atoms. The first kappa shape index (κ1) is 13.5. The summed E-state index contributed by atoms with van der Waals surface area (Å²) in [5, 5.41) is 0.494. The van der Waals surface area contributed by atoms with E-state index >= 15 is 0 Å². The molecule has 0 aliphatic carbocycles. The van der Waals surface area contributed by atoms with Crippen LogP contribution in [-0.2, 0) is 6.42 Å². The van der Waals surface area contributed by atoms with E-state index in [1.54, 1.807) is 6.07 Å². The van der Waals surface area contributed by atoms with Crippen LogP contribution in [0.25, 0.3) is 0 Å². The van der Waals surface area contributed by atoms with E-state index in [1.165, 1.54) is 12.1 Å². The van der Waals surface area contributed by atoms with Crippen molar-refractivity contribution < 1.29 is 4.39 Å². The highest BCUT2D eigenvalue weighted by atomic mass is 79.9. The van der Waals surface area contributed by atoms with E-state index in [0.29, 0.717) is 17.0 Å². The highest BCUT2D eigenvalue weighted by Gasteiger charge is 2.13. The summed E-state index contributed by atoms with van der Waals surface area (Å²) in [5.74, 6) is -0.320. The number of benzene rings is 2. The Labute approximate surface area is 119 Å². The summed E-state index contributed by atoms with van der Waals surface area (Å²) in [4.78, 5) is 0. The van der Waals surface area contributed by atoms with Crippen molar-refractivity contribution in [3.05, 3.63) is 68.9 Å². The zero-order chi connectivity index (χ0) is 13.1. The predicted molar refractivity (Wildman–Crippen MR) is 76.2 cm³/mol. The molecule has 0 aliphatic rings. The lowest BCUT2D eigenvalue weighted by atomic mass is 9.99. The molecule has 1 atom stereocenters. The van der Waals surface area contributed by atoms with Gasteiger partial charge in [0.15, 0.2) is 0 Å². The van der Waals surface area contributed by atoms with Crippen molar-refractivity contribution >= 4 is 27.5 Å². The Morgan fingerprint density at radius 1 is 1.22 bits per heavy atom. The van der Waals surface area contributed by atoms with Gasteiger partial charge in [0.2, 0.25) is 0 Å². The van der Waals surface area contributed by atoms with Gasteiger partial charge in [0.05, 0.1) is 0 Å². The quantitative estimate of drug-likeness (QED) is 0.883. The van der Waals surface area contributed by atoms with E-state index in [4.69, 9.17) is 17.3 Å². The van der Waals surface area contributed by atoms with Gasteiger partial charge >= 0.3 is 0 Å². The molecule has 1 nitrogen and oxygen atoms in total. The molecule has 0 saturated carbocycles. The molecule has 0 amide bonds. The van der Waals surface area contributed by atoms with Crippen LogP contribution in [0.2, 0.25) is 5.02 Å². The molecule has 0 fully saturated rings. The van der Waals surface area contributed by atoms with E-state index < -0.39 is 6.04 Å². The predicted octanol–water partition coefficient (Wildman–Crippen LogP) is 4.48. The molecule has 0 aromatic heterocycles. The fourth-order valence-corrected chi connectivity index (χ4v) is 2.44. The average Bonchev–Trinajstić information content (AvgIpc) is 2.35. The Morgan fingerprint density at radius 3 is 2.67 bits per heavy atom. The first-order valence-corrected chi connectivity index (χ1v) is 6.69. The second kappa shape index (κ2) is 5.83. The van der Waals surface area contributed by atoms with Gasteiger partial charge in [0.1, 0.15) is 5.82 Å². The van der Waals surface area contributed by atoms with Crippen molar-refractivity contribution in [2.75, 3.05) is 0 Å². The molecule has 1 unspecified atom stereocenters. The number of hydrogen-bond acceptors (Lipinski definition) is 1. The Balaban J connectivity index is 2.25. The molecule has 2 aromatic rings. The fraction of sp³-hybridized carbons (Fsp3) is 0.143. The minimum Gasteiger partial charge on any atom is -0.324 e. The lowest BCUT2D eigenvalue weighted by Gasteiger charge is -2.14. The van der Waals surface area contributed by atoms with Crippen molar-refractivity contribution in [3.8, 4) is 0 Å². The molecule has 0 bridgehead atoms. The second-order valence-corrected chi connectivity index (χ2v) is 5.36. The smallest absolute Gasteiger partial charge is 0.128 e. The molecule has 0 saturated heterocycles. The molecule has 4 heteroatoms. The van der Waals surface area contributed by atoms with Crippen LogP contribution in [0, 0.1) is 5.82 Å². The first-order valence-electron chi connectivity index (χ1n) is 5.52. The van der Waals surface area contributed by atoms with Crippen LogP contribution in [0.15, 0.2) is 46.9 Å². The SMILES string of the molecule is NC(Cc1ccccc1Br)c1cc(Cl)ccc1F. The molecule has 2 aromatic carbocycles. The number of halogens is 3. The molecule has 0 aliphatic heterocycles. The van der Waals surface area contributed by atoms with Gasteiger partial charge in [-0.1, -0.05) is 45.7 Å². The standard InChI is InChI=1S/C14H12BrClFN/c15-12-4-2-1-3-9(12)7-14(18)11-8-10(16)5-6-13(11)17/h1-6,8,14H,7,18H2. The topological polar surface area (TPSA) is 26.0 Å². The van der Waals surface area contributed by atoms with Crippen molar-refractivity contribution in [1.82, 2.24) is 0 Å². The number of nitrogens with two attached hydrogens (primary N) is 1. The van der Waals surface area contributed by atoms with Gasteiger partial charge in [0.25, 0.3) is 0 Å². The maximum Gasteiger partial charge on any atom is 0.128 e. The summed E-state index contributed by atoms with van der Waals surface area (Å²) in [7, 11) is 0. The Morgan fingerprint density at radius 2 is 1.94 bits per heavy atom. The van der Waals surface area contributed by atoms with Crippen LogP contribution in [0.3, 0.4) is 0 Å². The molecular formula is C14H12BrClFN. The third kappa shape index (κ3) is 3.10. The fourth-order valence-electron chi connectivity index (χ4n) is 1.81. The molecule has 0 radical (unpaired) electrons. The molecule has 2 rings (SSSR count). The minimum atomic E-state index is -0.414. The van der Waals surface area contributed by atoms with Crippen LogP contribution in [-0.4, -0.2) is 0 Å². The van der Waals surface area contributed by atoms with Crippen molar-refractivity contribution in [2.45, 2.75) is 12.5 Å². The van der Waals surface area contributed by atoms with Gasteiger partial charge in [-0.2, -0.15) is 0 Å². The van der Waals surface area contributed by atoms with Crippen molar-refractivity contribution in [2.24, 2.45) is 5.73 Å². The summed E-state index contributed by atoms with van der Waals surface area (Å²) in [5.41, 5.74) is 7.53. The van der Waals surface area contributed by atoms with Gasteiger partial charge < -0.3 is 5.73 Å². The minimum absolute atomic E-state index is 0.320. The maximum atomic E-state index is 13.7. The third-order valence-electron chi connectivity index (χ3n) is 2.76. The summed E-state index contributed by atoms with van der Waals surface area (Å²) in [6.07, 6.45) is 0.554. The van der Waals surface area contributed by atoms with Gasteiger partial charge in [-0.25, -0.2) is 4.39 Å². The van der Waals surface area contributed by atoms with Crippen LogP contribution in [0.1, 0.15) is 17.2 Å². The lowest BCUT2D eigenvalue weighted by Crippen LogP contribution is -2.15. The van der Waals surface area contributed by atoms with Gasteiger partial charge in [0, 0.05) is 21.1 Å². The Kier molecular flexibility index (Phi) is 4.38. The van der Waals surface area contributed by atoms with E-state index in [9.17, 15) is 4.39 Å². The van der Waals surface area contributed by atoms with Gasteiger partial charge in [-0.15, -0.1) is 0 Å². The Hall–Kier alpha value is -0.900. The molecule has 2 N–H and O–H groups in total. The normalized spacial score (nSPS) is 12.4. The van der Waals surface area contributed by atoms with Crippen LogP contribution >= 0.6 is 27.5 Å². The van der Waals surface area contributed by atoms with Crippen molar-refractivity contribution in [1.29, 1.82) is 0 Å². The van der Waals surface area contributed by atoms with E-state index in [2.05, 4.69) is 15.9 Å². The molecular weight excluding hydrogens is 317 g/mol. The zero-order valence-corrected chi connectivity index (χ0v) is 11.9. The van der Waals surface area contributed by atoms with Crippen LogP contribution in [0.4, 0.5) is 4.39 Å². The summed E-state index contributed by atoms with van der Waals surface area (Å²) < 4.78 is 14.6. The van der Waals surface area contributed by atoms with Gasteiger partial charge in [-0.05, 0) is 36.2 Å². The summed E-state index contributed by atoms with van der Waals surface area (Å²) >= 11 is 9.32. The van der Waals surface area contributed by atoms with E-state index in [1.807, 2.05) is 24.3 Å². The Bertz CT molecular complexity index is 559. The first-order chi connectivity index (χ1) is 8.58. The maximum absolute atomic E-state index is 13.7. The summed E-state index contributed by atoms with van der Waals surface area (Å²) in [6, 6.07) is 11.8. The summed E-state index contributed by atoms with van der Waals surface area (Å²) in [6.45, 7) is 0. The number of hydrogen-bond donors (Lipinski definition) is 1. The third-order valence-corrected chi connectivity index (χ3v) is 3.76. The van der Waals surface area contributed by atoms with Crippen LogP contribution in [0.5, 0.6) is 0 Å². The average molecular weight is 329 g/mol. The monoisotopic (exact) mass is 327 g/mol. The zero-order valence-electron chi connectivity index (χ0n) is 9.54. The second-order valence-electron chi connectivity index (χ2n) is 4.07. The van der Waals surface area contributed by atoms with E-state index in [-0.39, 0.29) is 5.82 Å². The molecule has 94 valence electrons. The van der Waals surface area contributed by atoms with Crippen molar-refractivity contribution in [3.63, 3.8) is 0 Å². The molecule has 0 heterocycles. The van der Waals surface area contributed by atoms with Crippen LogP contribution < -0.4 is 5.73 Å². The largest absolute Gasteiger partial charge is 0.324 e. The lowest BCUT2D eigenvalue weighted by molar-refractivity contribution is 0.580. The highest BCUT2D eigenvalue weighted by molar-refractivity contribution is 9.10. The van der Waals surface area contributed by atoms with Gasteiger partial charge in [-0.3, -0.25) is 0 Å². The highest BCUT2D eigenvalue weighted by Crippen LogP contribution is 2.25. The van der Waals surface area contributed by atoms with E-state index in [0.717, 1.165) is 10.0 Å². The number of rotatable bonds is 3.